The average Bonchev–Trinajstić information content (AvgIpc) is 3.71. The number of fused-ring (bicyclic) bond motifs is 3. The second kappa shape index (κ2) is 9.62. The zero-order valence-electron chi connectivity index (χ0n) is 22.6. The molecule has 4 aromatic heterocycles. The SMILES string of the molecule is CS(=O)(=O)c1c(C2C[C@H]3CC[C@@H](C2)N3C(=O)c2ncn[nH]2)nc2c(-c3ccc(-c4ccccc4)[n+]([O-])c3)cnn2c1N. The monoisotopic (exact) mass is 585 g/mol. The van der Waals surface area contributed by atoms with Crippen LogP contribution < -0.4 is 10.5 Å². The number of nitrogens with one attached hydrogen (secondary N) is 1. The van der Waals surface area contributed by atoms with Crippen molar-refractivity contribution < 1.29 is 17.9 Å². The molecular formula is C28H27N9O4S. The Balaban J connectivity index is 1.30. The lowest BCUT2D eigenvalue weighted by Gasteiger charge is -2.38. The number of anilines is 1. The van der Waals surface area contributed by atoms with Crippen LogP contribution in [0.1, 0.15) is 47.9 Å². The first-order valence-electron chi connectivity index (χ1n) is 13.5. The third-order valence-electron chi connectivity index (χ3n) is 8.30. The van der Waals surface area contributed by atoms with E-state index in [0.717, 1.165) is 29.4 Å². The molecule has 2 fully saturated rings. The summed E-state index contributed by atoms with van der Waals surface area (Å²) in [4.78, 5) is 23.8. The molecular weight excluding hydrogens is 558 g/mol. The molecule has 6 heterocycles. The van der Waals surface area contributed by atoms with E-state index in [9.17, 15) is 18.4 Å². The maximum absolute atomic E-state index is 13.2. The highest BCUT2D eigenvalue weighted by atomic mass is 32.2. The molecule has 2 aliphatic rings. The minimum Gasteiger partial charge on any atom is -0.618 e. The second-order valence-electron chi connectivity index (χ2n) is 10.9. The summed E-state index contributed by atoms with van der Waals surface area (Å²) in [7, 11) is -3.79. The number of benzene rings is 1. The van der Waals surface area contributed by atoms with Gasteiger partial charge in [0, 0.05) is 35.9 Å². The number of aromatic nitrogens is 7. The Labute approximate surface area is 240 Å². The number of amides is 1. The normalized spacial score (nSPS) is 20.3. The van der Waals surface area contributed by atoms with Gasteiger partial charge in [-0.05, 0) is 43.9 Å². The molecule has 2 bridgehead atoms. The molecule has 1 amide bonds. The predicted molar refractivity (Wildman–Crippen MR) is 152 cm³/mol. The first-order chi connectivity index (χ1) is 20.2. The molecule has 42 heavy (non-hydrogen) atoms. The maximum Gasteiger partial charge on any atom is 0.291 e. The molecule has 0 saturated carbocycles. The molecule has 3 N–H and O–H groups in total. The Morgan fingerprint density at radius 1 is 1.10 bits per heavy atom. The van der Waals surface area contributed by atoms with Gasteiger partial charge in [0.05, 0.1) is 23.0 Å². The highest BCUT2D eigenvalue weighted by molar-refractivity contribution is 7.91. The van der Waals surface area contributed by atoms with E-state index >= 15 is 0 Å². The average molecular weight is 586 g/mol. The van der Waals surface area contributed by atoms with Crippen LogP contribution in [0.15, 0.2) is 66.1 Å². The molecule has 2 aliphatic heterocycles. The Hall–Kier alpha value is -4.85. The van der Waals surface area contributed by atoms with Crippen molar-refractivity contribution in [3.8, 4) is 22.4 Å². The van der Waals surface area contributed by atoms with Crippen molar-refractivity contribution in [3.63, 3.8) is 0 Å². The molecule has 0 aliphatic carbocycles. The van der Waals surface area contributed by atoms with Gasteiger partial charge in [-0.1, -0.05) is 18.2 Å². The van der Waals surface area contributed by atoms with E-state index in [1.807, 2.05) is 41.3 Å². The Bertz CT molecular complexity index is 1930. The summed E-state index contributed by atoms with van der Waals surface area (Å²) in [5, 5.41) is 23.8. The topological polar surface area (TPSA) is 179 Å². The van der Waals surface area contributed by atoms with Crippen molar-refractivity contribution in [1.82, 2.24) is 34.7 Å². The summed E-state index contributed by atoms with van der Waals surface area (Å²) in [5.41, 5.74) is 9.60. The van der Waals surface area contributed by atoms with E-state index in [4.69, 9.17) is 10.7 Å². The van der Waals surface area contributed by atoms with Crippen molar-refractivity contribution in [2.75, 3.05) is 12.0 Å². The van der Waals surface area contributed by atoms with E-state index in [2.05, 4.69) is 20.3 Å². The zero-order valence-corrected chi connectivity index (χ0v) is 23.4. The third-order valence-corrected chi connectivity index (χ3v) is 9.46. The molecule has 1 aromatic carbocycles. The van der Waals surface area contributed by atoms with Crippen LogP contribution in [-0.2, 0) is 9.84 Å². The van der Waals surface area contributed by atoms with Gasteiger partial charge >= 0.3 is 0 Å². The summed E-state index contributed by atoms with van der Waals surface area (Å²) in [6, 6.07) is 12.7. The fourth-order valence-electron chi connectivity index (χ4n) is 6.51. The van der Waals surface area contributed by atoms with Crippen molar-refractivity contribution in [3.05, 3.63) is 77.9 Å². The lowest BCUT2D eigenvalue weighted by atomic mass is 9.87. The number of hydrogen-bond donors (Lipinski definition) is 2. The number of nitrogens with two attached hydrogens (primary N) is 1. The quantitative estimate of drug-likeness (QED) is 0.231. The number of pyridine rings is 1. The largest absolute Gasteiger partial charge is 0.618 e. The maximum atomic E-state index is 13.2. The van der Waals surface area contributed by atoms with Crippen LogP contribution in [0.25, 0.3) is 28.0 Å². The molecule has 0 radical (unpaired) electrons. The Morgan fingerprint density at radius 3 is 2.48 bits per heavy atom. The zero-order chi connectivity index (χ0) is 29.2. The van der Waals surface area contributed by atoms with Crippen LogP contribution in [0, 0.1) is 5.21 Å². The second-order valence-corrected chi connectivity index (χ2v) is 12.8. The number of aromatic amines is 1. The summed E-state index contributed by atoms with van der Waals surface area (Å²) in [6.07, 6.45) is 8.04. The van der Waals surface area contributed by atoms with Gasteiger partial charge in [0.15, 0.2) is 21.7 Å². The van der Waals surface area contributed by atoms with E-state index in [-0.39, 0.29) is 40.4 Å². The first kappa shape index (κ1) is 26.1. The van der Waals surface area contributed by atoms with Gasteiger partial charge in [-0.25, -0.2) is 18.4 Å². The summed E-state index contributed by atoms with van der Waals surface area (Å²) in [6.45, 7) is 0. The minimum atomic E-state index is -3.79. The number of hydrogen-bond acceptors (Lipinski definition) is 9. The lowest BCUT2D eigenvalue weighted by molar-refractivity contribution is -0.593. The molecule has 0 spiro atoms. The minimum absolute atomic E-state index is 0.0350. The van der Waals surface area contributed by atoms with Crippen molar-refractivity contribution in [2.45, 2.75) is 48.6 Å². The number of H-pyrrole nitrogens is 1. The van der Waals surface area contributed by atoms with E-state index in [0.29, 0.717) is 41.0 Å². The Kier molecular flexibility index (Phi) is 5.97. The van der Waals surface area contributed by atoms with Gasteiger partial charge in [0.2, 0.25) is 11.5 Å². The van der Waals surface area contributed by atoms with Gasteiger partial charge in [0.25, 0.3) is 5.91 Å². The highest BCUT2D eigenvalue weighted by Crippen LogP contribution is 2.45. The van der Waals surface area contributed by atoms with Gasteiger partial charge in [-0.3, -0.25) is 9.89 Å². The fourth-order valence-corrected chi connectivity index (χ4v) is 7.57. The van der Waals surface area contributed by atoms with Gasteiger partial charge in [-0.2, -0.15) is 19.4 Å². The van der Waals surface area contributed by atoms with Gasteiger partial charge < -0.3 is 15.8 Å². The smallest absolute Gasteiger partial charge is 0.291 e. The van der Waals surface area contributed by atoms with E-state index < -0.39 is 9.84 Å². The number of carbonyl (C=O) groups is 1. The summed E-state index contributed by atoms with van der Waals surface area (Å²) < 4.78 is 28.2. The lowest BCUT2D eigenvalue weighted by Crippen LogP contribution is -2.46. The van der Waals surface area contributed by atoms with Gasteiger partial charge in [0.1, 0.15) is 17.0 Å². The van der Waals surface area contributed by atoms with Crippen LogP contribution in [-0.4, -0.2) is 67.3 Å². The molecule has 14 heteroatoms. The van der Waals surface area contributed by atoms with Crippen molar-refractivity contribution >= 4 is 27.2 Å². The Morgan fingerprint density at radius 2 is 1.83 bits per heavy atom. The number of sulfone groups is 1. The number of nitrogens with zero attached hydrogens (tertiary/aromatic N) is 7. The molecule has 13 nitrogen and oxygen atoms in total. The predicted octanol–water partition coefficient (Wildman–Crippen LogP) is 2.35. The van der Waals surface area contributed by atoms with E-state index in [1.165, 1.54) is 23.2 Å². The van der Waals surface area contributed by atoms with Crippen molar-refractivity contribution in [2.24, 2.45) is 0 Å². The van der Waals surface area contributed by atoms with Crippen LogP contribution in [0.4, 0.5) is 5.82 Å². The standard InChI is InChI=1S/C28H27N9O4S/c1-42(40,41)24-23(18-11-19-8-9-20(12-18)36(19)28(38)26-30-15-31-34-26)33-27-21(13-32-37(27)25(24)29)17-7-10-22(35(39)14-17)16-5-3-2-4-6-16/h2-7,10,13-15,18-20H,8-9,11-12,29H2,1H3,(H,30,31,34)/t18?,19-,20+. The fraction of sp³-hybridized carbons (Fsp3) is 0.286. The van der Waals surface area contributed by atoms with Crippen LogP contribution >= 0.6 is 0 Å². The number of nitrogen functional groups attached to an aromatic ring is 1. The number of rotatable bonds is 5. The molecule has 2 saturated heterocycles. The van der Waals surface area contributed by atoms with Crippen LogP contribution in [0.3, 0.4) is 0 Å². The van der Waals surface area contributed by atoms with Gasteiger partial charge in [-0.15, -0.1) is 0 Å². The molecule has 5 aromatic rings. The number of piperidine rings is 1. The third kappa shape index (κ3) is 4.17. The summed E-state index contributed by atoms with van der Waals surface area (Å²) >= 11 is 0. The molecule has 7 rings (SSSR count). The highest BCUT2D eigenvalue weighted by Gasteiger charge is 2.46. The molecule has 3 atom stereocenters. The number of carbonyl (C=O) groups excluding carboxylic acids is 1. The molecule has 1 unspecified atom stereocenters. The van der Waals surface area contributed by atoms with Crippen LogP contribution in [0.2, 0.25) is 0 Å². The van der Waals surface area contributed by atoms with E-state index in [1.54, 1.807) is 6.07 Å². The van der Waals surface area contributed by atoms with Crippen LogP contribution in [0.5, 0.6) is 0 Å². The first-order valence-corrected chi connectivity index (χ1v) is 15.4. The summed E-state index contributed by atoms with van der Waals surface area (Å²) in [5.74, 6) is -0.325. The van der Waals surface area contributed by atoms with Crippen molar-refractivity contribution in [1.29, 1.82) is 0 Å². The molecule has 214 valence electrons.